The molecule has 0 bridgehead atoms. The number of sulfonamides is 1. The molecule has 0 amide bonds. The first-order chi connectivity index (χ1) is 11.4. The van der Waals surface area contributed by atoms with Gasteiger partial charge in [0, 0.05) is 19.1 Å². The van der Waals surface area contributed by atoms with E-state index in [1.165, 1.54) is 11.1 Å². The summed E-state index contributed by atoms with van der Waals surface area (Å²) in [4.78, 5) is 2.38. The summed E-state index contributed by atoms with van der Waals surface area (Å²) in [6.45, 7) is 7.26. The number of benzene rings is 1. The number of hydrogen-bond donors (Lipinski definition) is 1. The van der Waals surface area contributed by atoms with E-state index in [0.717, 1.165) is 51.7 Å². The molecule has 1 heterocycles. The van der Waals surface area contributed by atoms with Crippen LogP contribution < -0.4 is 4.72 Å². The van der Waals surface area contributed by atoms with Crippen LogP contribution in [0.2, 0.25) is 0 Å². The Labute approximate surface area is 146 Å². The molecule has 0 radical (unpaired) electrons. The number of piperidine rings is 1. The summed E-state index contributed by atoms with van der Waals surface area (Å²) in [7, 11) is -3.08. The molecule has 0 spiro atoms. The molecule has 5 heteroatoms. The van der Waals surface area contributed by atoms with Crippen LogP contribution >= 0.6 is 0 Å². The van der Waals surface area contributed by atoms with E-state index in [0.29, 0.717) is 5.92 Å². The first-order valence-corrected chi connectivity index (χ1v) is 10.8. The molecule has 1 aromatic rings. The van der Waals surface area contributed by atoms with E-state index in [1.54, 1.807) is 0 Å². The van der Waals surface area contributed by atoms with Crippen LogP contribution in [0.4, 0.5) is 0 Å². The van der Waals surface area contributed by atoms with Gasteiger partial charge >= 0.3 is 0 Å². The number of nitrogens with one attached hydrogen (secondary N) is 1. The Kier molecular flexibility index (Phi) is 5.63. The molecule has 0 unspecified atom stereocenters. The highest BCUT2D eigenvalue weighted by atomic mass is 32.2. The van der Waals surface area contributed by atoms with Crippen LogP contribution in [0.5, 0.6) is 0 Å². The third kappa shape index (κ3) is 5.04. The van der Waals surface area contributed by atoms with Crippen LogP contribution in [0.1, 0.15) is 50.7 Å². The Morgan fingerprint density at radius 2 is 1.79 bits per heavy atom. The van der Waals surface area contributed by atoms with Gasteiger partial charge in [0.25, 0.3) is 0 Å². The Morgan fingerprint density at radius 1 is 1.12 bits per heavy atom. The molecule has 1 saturated heterocycles. The summed E-state index contributed by atoms with van der Waals surface area (Å²) in [6, 6.07) is 8.97. The van der Waals surface area contributed by atoms with E-state index in [9.17, 15) is 8.42 Å². The molecule has 1 aliphatic carbocycles. The van der Waals surface area contributed by atoms with Gasteiger partial charge in [0.1, 0.15) is 0 Å². The lowest BCUT2D eigenvalue weighted by Gasteiger charge is -2.33. The summed E-state index contributed by atoms with van der Waals surface area (Å²) in [5.41, 5.74) is 2.70. The molecule has 3 rings (SSSR count). The minimum absolute atomic E-state index is 0.0737. The fourth-order valence-corrected chi connectivity index (χ4v) is 5.12. The van der Waals surface area contributed by atoms with Crippen molar-refractivity contribution < 1.29 is 8.42 Å². The van der Waals surface area contributed by atoms with Crippen molar-refractivity contribution in [2.24, 2.45) is 5.92 Å². The van der Waals surface area contributed by atoms with Crippen molar-refractivity contribution in [3.05, 3.63) is 35.4 Å². The van der Waals surface area contributed by atoms with Crippen molar-refractivity contribution in [2.45, 2.75) is 63.8 Å². The van der Waals surface area contributed by atoms with E-state index in [1.807, 2.05) is 0 Å². The zero-order valence-corrected chi connectivity index (χ0v) is 15.7. The molecule has 24 heavy (non-hydrogen) atoms. The van der Waals surface area contributed by atoms with Gasteiger partial charge in [-0.1, -0.05) is 38.1 Å². The van der Waals surface area contributed by atoms with Gasteiger partial charge in [-0.05, 0) is 55.7 Å². The second-order valence-corrected chi connectivity index (χ2v) is 9.84. The van der Waals surface area contributed by atoms with Gasteiger partial charge in [-0.25, -0.2) is 13.1 Å². The normalized spacial score (nSPS) is 22.9. The van der Waals surface area contributed by atoms with Crippen molar-refractivity contribution in [1.29, 1.82) is 0 Å². The quantitative estimate of drug-likeness (QED) is 0.822. The molecule has 2 aliphatic rings. The zero-order valence-electron chi connectivity index (χ0n) is 14.9. The van der Waals surface area contributed by atoms with Crippen LogP contribution in [0.25, 0.3) is 0 Å². The maximum atomic E-state index is 12.1. The maximum absolute atomic E-state index is 12.1. The van der Waals surface area contributed by atoms with Gasteiger partial charge in [0.2, 0.25) is 10.0 Å². The molecule has 4 nitrogen and oxygen atoms in total. The van der Waals surface area contributed by atoms with Crippen LogP contribution in [0.15, 0.2) is 24.3 Å². The number of nitrogens with zero attached hydrogens (tertiary/aromatic N) is 1. The summed E-state index contributed by atoms with van der Waals surface area (Å²) in [5, 5.41) is -0.124. The van der Waals surface area contributed by atoms with Gasteiger partial charge in [-0.3, -0.25) is 4.90 Å². The number of likely N-dealkylation sites (tertiary alicyclic amines) is 1. The Morgan fingerprint density at radius 3 is 2.42 bits per heavy atom. The third-order valence-electron chi connectivity index (χ3n) is 4.87. The third-order valence-corrected chi connectivity index (χ3v) is 6.88. The predicted molar refractivity (Wildman–Crippen MR) is 98.4 cm³/mol. The van der Waals surface area contributed by atoms with Crippen molar-refractivity contribution in [3.8, 4) is 0 Å². The molecule has 1 saturated carbocycles. The van der Waals surface area contributed by atoms with Crippen molar-refractivity contribution in [2.75, 3.05) is 13.1 Å². The highest BCUT2D eigenvalue weighted by Crippen LogP contribution is 2.28. The van der Waals surface area contributed by atoms with E-state index >= 15 is 0 Å². The smallest absolute Gasteiger partial charge is 0.214 e. The first kappa shape index (κ1) is 17.9. The topological polar surface area (TPSA) is 49.4 Å². The fourth-order valence-electron chi connectivity index (χ4n) is 3.51. The zero-order chi connectivity index (χ0) is 17.2. The molecule has 0 aromatic heterocycles. The Bertz CT molecular complexity index is 636. The predicted octanol–water partition coefficient (Wildman–Crippen LogP) is 2.93. The molecule has 2 fully saturated rings. The molecule has 134 valence electrons. The Balaban J connectivity index is 1.53. The van der Waals surface area contributed by atoms with Crippen LogP contribution in [0, 0.1) is 5.92 Å². The lowest BCUT2D eigenvalue weighted by molar-refractivity contribution is 0.194. The van der Waals surface area contributed by atoms with Crippen LogP contribution in [0.3, 0.4) is 0 Å². The second-order valence-electron chi connectivity index (χ2n) is 7.85. The molecule has 1 aromatic carbocycles. The average Bonchev–Trinajstić information content (AvgIpc) is 3.34. The van der Waals surface area contributed by atoms with Gasteiger partial charge in [0.15, 0.2) is 0 Å². The molecule has 1 aliphatic heterocycles. The number of hydrogen-bond acceptors (Lipinski definition) is 3. The van der Waals surface area contributed by atoms with E-state index in [2.05, 4.69) is 47.7 Å². The number of rotatable bonds is 7. The lowest BCUT2D eigenvalue weighted by atomic mass is 10.0. The summed E-state index contributed by atoms with van der Waals surface area (Å²) in [5.74, 6) is 0.679. The van der Waals surface area contributed by atoms with Gasteiger partial charge in [-0.2, -0.15) is 0 Å². The molecule has 1 N–H and O–H groups in total. The highest BCUT2D eigenvalue weighted by molar-refractivity contribution is 7.90. The van der Waals surface area contributed by atoms with Crippen molar-refractivity contribution >= 4 is 10.0 Å². The second kappa shape index (κ2) is 7.54. The van der Waals surface area contributed by atoms with Gasteiger partial charge < -0.3 is 0 Å². The first-order valence-electron chi connectivity index (χ1n) is 9.23. The average molecular weight is 351 g/mol. The van der Waals surface area contributed by atoms with Crippen LogP contribution in [-0.2, 0) is 23.0 Å². The van der Waals surface area contributed by atoms with E-state index < -0.39 is 10.0 Å². The monoisotopic (exact) mass is 350 g/mol. The molecular weight excluding hydrogens is 320 g/mol. The van der Waals surface area contributed by atoms with Gasteiger partial charge in [0.05, 0.1) is 5.25 Å². The van der Waals surface area contributed by atoms with Crippen LogP contribution in [-0.4, -0.2) is 37.7 Å². The molecular formula is C19H30N2O2S. The Hall–Kier alpha value is -0.910. The summed E-state index contributed by atoms with van der Waals surface area (Å²) >= 11 is 0. The fraction of sp³-hybridized carbons (Fsp3) is 0.684. The highest BCUT2D eigenvalue weighted by Gasteiger charge is 2.37. The largest absolute Gasteiger partial charge is 0.298 e. The van der Waals surface area contributed by atoms with E-state index in [4.69, 9.17) is 0 Å². The minimum Gasteiger partial charge on any atom is -0.298 e. The van der Waals surface area contributed by atoms with Gasteiger partial charge in [-0.15, -0.1) is 0 Å². The lowest BCUT2D eigenvalue weighted by Crippen LogP contribution is -2.48. The SMILES string of the molecule is CC(C)Cc1ccc(CN2CCC[C@@H](NS(=O)(=O)C3CC3)C2)cc1. The molecule has 1 atom stereocenters. The minimum atomic E-state index is -3.08. The maximum Gasteiger partial charge on any atom is 0.214 e. The standard InChI is InChI=1S/C19H30N2O2S/c1-15(2)12-16-5-7-17(8-6-16)13-21-11-3-4-18(14-21)20-24(22,23)19-9-10-19/h5-8,15,18-20H,3-4,9-14H2,1-2H3/t18-/m1/s1. The van der Waals surface area contributed by atoms with Crippen molar-refractivity contribution in [1.82, 2.24) is 9.62 Å². The van der Waals surface area contributed by atoms with E-state index in [-0.39, 0.29) is 11.3 Å². The summed E-state index contributed by atoms with van der Waals surface area (Å²) < 4.78 is 27.2. The van der Waals surface area contributed by atoms with Crippen molar-refractivity contribution in [3.63, 3.8) is 0 Å². The summed E-state index contributed by atoms with van der Waals surface area (Å²) in [6.07, 6.45) is 4.79.